The van der Waals surface area contributed by atoms with Crippen molar-refractivity contribution >= 4 is 11.8 Å². The zero-order valence-corrected chi connectivity index (χ0v) is 22.6. The van der Waals surface area contributed by atoms with Gasteiger partial charge in [0.15, 0.2) is 0 Å². The Labute approximate surface area is 206 Å². The Hall–Kier alpha value is -0.900. The van der Waals surface area contributed by atoms with Gasteiger partial charge >= 0.3 is 5.97 Å². The van der Waals surface area contributed by atoms with Crippen molar-refractivity contribution < 1.29 is 19.4 Å². The standard InChI is InChI=1S/C30H46O4/c1-24(2)12-14-29-15-13-28(7)27(6)11-8-18-25(3,4)21(31)9-10-26(18,5)19(27)16-22(34-23(29)32)30(28,33)20(29)17-24/h18-20,22,33H,8-17H2,1-7H3/t18-,19-,20+,22+,26-,27-,28+,29-,30+/m1/s1. The van der Waals surface area contributed by atoms with Gasteiger partial charge in [0.1, 0.15) is 17.5 Å². The highest BCUT2D eigenvalue weighted by Crippen LogP contribution is 2.79. The minimum Gasteiger partial charge on any atom is -0.459 e. The summed E-state index contributed by atoms with van der Waals surface area (Å²) in [5.74, 6) is 1.07. The van der Waals surface area contributed by atoms with Gasteiger partial charge in [-0.2, -0.15) is 0 Å². The molecule has 6 rings (SSSR count). The van der Waals surface area contributed by atoms with Crippen LogP contribution in [0.1, 0.15) is 113 Å². The third kappa shape index (κ3) is 2.32. The van der Waals surface area contributed by atoms with Gasteiger partial charge in [0, 0.05) is 23.2 Å². The van der Waals surface area contributed by atoms with Crippen molar-refractivity contribution in [1.82, 2.24) is 0 Å². The molecule has 9 atom stereocenters. The van der Waals surface area contributed by atoms with Crippen molar-refractivity contribution in [1.29, 1.82) is 0 Å². The molecule has 0 amide bonds. The molecule has 4 heteroatoms. The van der Waals surface area contributed by atoms with Crippen molar-refractivity contribution in [2.75, 3.05) is 0 Å². The maximum atomic E-state index is 13.7. The van der Waals surface area contributed by atoms with Crippen molar-refractivity contribution in [2.24, 2.45) is 50.2 Å². The average Bonchev–Trinajstić information content (AvgIpc) is 2.74. The van der Waals surface area contributed by atoms with E-state index in [1.807, 2.05) is 0 Å². The molecule has 190 valence electrons. The van der Waals surface area contributed by atoms with Crippen molar-refractivity contribution in [3.05, 3.63) is 0 Å². The first-order chi connectivity index (χ1) is 15.6. The van der Waals surface area contributed by atoms with E-state index in [-0.39, 0.29) is 39.0 Å². The fraction of sp³-hybridized carbons (Fsp3) is 0.933. The maximum Gasteiger partial charge on any atom is 0.312 e. The van der Waals surface area contributed by atoms with Crippen LogP contribution in [0, 0.1) is 50.2 Å². The minimum atomic E-state index is -0.967. The number of aliphatic hydroxyl groups is 1. The molecule has 0 aromatic heterocycles. The van der Waals surface area contributed by atoms with Gasteiger partial charge < -0.3 is 9.84 Å². The molecular weight excluding hydrogens is 424 g/mol. The normalized spacial score (nSPS) is 57.1. The van der Waals surface area contributed by atoms with Crippen LogP contribution in [-0.2, 0) is 14.3 Å². The summed E-state index contributed by atoms with van der Waals surface area (Å²) in [6.45, 7) is 16.2. The molecule has 1 heterocycles. The second-order valence-corrected chi connectivity index (χ2v) is 15.6. The lowest BCUT2D eigenvalue weighted by molar-refractivity contribution is -0.361. The van der Waals surface area contributed by atoms with Gasteiger partial charge in [0.05, 0.1) is 5.41 Å². The number of Topliss-reactive ketones (excluding diaryl/α,β-unsaturated/α-hetero) is 1. The minimum absolute atomic E-state index is 0.0126. The Morgan fingerprint density at radius 2 is 1.50 bits per heavy atom. The lowest BCUT2D eigenvalue weighted by Crippen LogP contribution is -2.81. The molecule has 0 aromatic carbocycles. The lowest BCUT2D eigenvalue weighted by Gasteiger charge is -2.77. The Kier molecular flexibility index (Phi) is 4.37. The fourth-order valence-corrected chi connectivity index (χ4v) is 11.5. The molecule has 1 saturated heterocycles. The molecule has 34 heavy (non-hydrogen) atoms. The van der Waals surface area contributed by atoms with E-state index in [4.69, 9.17) is 4.74 Å². The Morgan fingerprint density at radius 3 is 2.21 bits per heavy atom. The van der Waals surface area contributed by atoms with Gasteiger partial charge in [-0.25, -0.2) is 0 Å². The van der Waals surface area contributed by atoms with Gasteiger partial charge in [0.2, 0.25) is 0 Å². The van der Waals surface area contributed by atoms with Crippen LogP contribution in [0.25, 0.3) is 0 Å². The molecule has 6 aliphatic rings. The molecule has 0 unspecified atom stereocenters. The van der Waals surface area contributed by atoms with E-state index in [9.17, 15) is 14.7 Å². The van der Waals surface area contributed by atoms with E-state index in [0.29, 0.717) is 24.0 Å². The number of fused-ring (bicyclic) bond motifs is 4. The summed E-state index contributed by atoms with van der Waals surface area (Å²) in [5, 5.41) is 13.0. The number of hydrogen-bond acceptors (Lipinski definition) is 4. The molecule has 0 aromatic rings. The quantitative estimate of drug-likeness (QED) is 0.435. The molecule has 0 radical (unpaired) electrons. The third-order valence-electron chi connectivity index (χ3n) is 13.8. The summed E-state index contributed by atoms with van der Waals surface area (Å²) in [6.07, 6.45) is 8.55. The first-order valence-electron chi connectivity index (χ1n) is 14.1. The number of carbonyl (C=O) groups excluding carboxylic acids is 2. The summed E-state index contributed by atoms with van der Waals surface area (Å²) in [4.78, 5) is 26.7. The summed E-state index contributed by atoms with van der Waals surface area (Å²) >= 11 is 0. The van der Waals surface area contributed by atoms with E-state index >= 15 is 0 Å². The number of carbonyl (C=O) groups is 2. The molecule has 1 N–H and O–H groups in total. The predicted octanol–water partition coefficient (Wildman–Crippen LogP) is 6.09. The van der Waals surface area contributed by atoms with Gasteiger partial charge in [-0.05, 0) is 85.9 Å². The third-order valence-corrected chi connectivity index (χ3v) is 13.8. The van der Waals surface area contributed by atoms with Crippen LogP contribution in [0.15, 0.2) is 0 Å². The lowest BCUT2D eigenvalue weighted by atomic mass is 9.29. The molecule has 5 aliphatic carbocycles. The fourth-order valence-electron chi connectivity index (χ4n) is 11.5. The Morgan fingerprint density at radius 1 is 0.824 bits per heavy atom. The van der Waals surface area contributed by atoms with Gasteiger partial charge in [-0.3, -0.25) is 9.59 Å². The van der Waals surface area contributed by atoms with Crippen LogP contribution in [0.2, 0.25) is 0 Å². The van der Waals surface area contributed by atoms with E-state index in [2.05, 4.69) is 48.5 Å². The summed E-state index contributed by atoms with van der Waals surface area (Å²) in [6, 6.07) is 0. The maximum absolute atomic E-state index is 13.7. The van der Waals surface area contributed by atoms with E-state index in [1.165, 1.54) is 0 Å². The zero-order valence-electron chi connectivity index (χ0n) is 22.6. The Bertz CT molecular complexity index is 967. The summed E-state index contributed by atoms with van der Waals surface area (Å²) in [5.41, 5.74) is -1.93. The van der Waals surface area contributed by atoms with Gasteiger partial charge in [-0.1, -0.05) is 48.5 Å². The van der Waals surface area contributed by atoms with Crippen LogP contribution in [0.3, 0.4) is 0 Å². The van der Waals surface area contributed by atoms with Crippen molar-refractivity contribution in [3.63, 3.8) is 0 Å². The number of hydrogen-bond donors (Lipinski definition) is 1. The van der Waals surface area contributed by atoms with E-state index in [0.717, 1.165) is 57.8 Å². The largest absolute Gasteiger partial charge is 0.459 e. The molecule has 1 aliphatic heterocycles. The van der Waals surface area contributed by atoms with Crippen molar-refractivity contribution in [3.8, 4) is 0 Å². The van der Waals surface area contributed by atoms with Crippen LogP contribution >= 0.6 is 0 Å². The first kappa shape index (κ1) is 23.5. The van der Waals surface area contributed by atoms with Crippen LogP contribution in [-0.4, -0.2) is 28.6 Å². The highest BCUT2D eigenvalue weighted by atomic mass is 16.6. The smallest absolute Gasteiger partial charge is 0.312 e. The highest BCUT2D eigenvalue weighted by Gasteiger charge is 2.81. The Balaban J connectivity index is 1.50. The number of ketones is 1. The second-order valence-electron chi connectivity index (χ2n) is 15.6. The summed E-state index contributed by atoms with van der Waals surface area (Å²) in [7, 11) is 0. The van der Waals surface area contributed by atoms with Crippen LogP contribution in [0.5, 0.6) is 0 Å². The molecule has 4 nitrogen and oxygen atoms in total. The molecule has 6 fully saturated rings. The molecule has 2 bridgehead atoms. The molecule has 0 spiro atoms. The molecule has 5 saturated carbocycles. The molecular formula is C30H46O4. The zero-order chi connectivity index (χ0) is 24.7. The number of rotatable bonds is 0. The predicted molar refractivity (Wildman–Crippen MR) is 131 cm³/mol. The van der Waals surface area contributed by atoms with E-state index in [1.54, 1.807) is 0 Å². The topological polar surface area (TPSA) is 63.6 Å². The van der Waals surface area contributed by atoms with Crippen LogP contribution in [0.4, 0.5) is 0 Å². The first-order valence-corrected chi connectivity index (χ1v) is 14.1. The number of esters is 1. The average molecular weight is 471 g/mol. The summed E-state index contributed by atoms with van der Waals surface area (Å²) < 4.78 is 6.36. The number of ether oxygens (including phenoxy) is 1. The highest BCUT2D eigenvalue weighted by molar-refractivity contribution is 5.85. The SMILES string of the molecule is CC1(C)CC[C@]23CC[C@]4(C)[C@@](O)([C@H](C[C@@H]5[C@]6(C)CCC(=O)C(C)(C)[C@H]6CC[C@]54C)OC2=O)[C@H]3C1. The van der Waals surface area contributed by atoms with Gasteiger partial charge in [0.25, 0.3) is 0 Å². The van der Waals surface area contributed by atoms with Crippen molar-refractivity contribution in [2.45, 2.75) is 124 Å². The second kappa shape index (κ2) is 6.32. The van der Waals surface area contributed by atoms with E-state index < -0.39 is 17.1 Å². The monoisotopic (exact) mass is 470 g/mol. The van der Waals surface area contributed by atoms with Gasteiger partial charge in [-0.15, -0.1) is 0 Å². The van der Waals surface area contributed by atoms with Crippen LogP contribution < -0.4 is 0 Å².